The largest absolute Gasteiger partial charge is 0.333 e. The minimum atomic E-state index is -0.830. The normalized spacial score (nSPS) is 15.2. The molecular formula is C18H26N4O3. The summed E-state index contributed by atoms with van der Waals surface area (Å²) >= 11 is 0. The highest BCUT2D eigenvalue weighted by atomic mass is 16.2. The lowest BCUT2D eigenvalue weighted by Gasteiger charge is -2.39. The van der Waals surface area contributed by atoms with E-state index in [1.807, 2.05) is 39.8 Å². The third-order valence-corrected chi connectivity index (χ3v) is 3.88. The van der Waals surface area contributed by atoms with E-state index in [1.165, 1.54) is 4.90 Å². The second kappa shape index (κ2) is 8.00. The highest BCUT2D eigenvalue weighted by Crippen LogP contribution is 2.18. The fourth-order valence-corrected chi connectivity index (χ4v) is 2.68. The average Bonchev–Trinajstić information content (AvgIpc) is 2.53. The van der Waals surface area contributed by atoms with Crippen molar-refractivity contribution in [1.82, 2.24) is 15.5 Å². The molecule has 0 spiro atoms. The van der Waals surface area contributed by atoms with Crippen molar-refractivity contribution in [2.45, 2.75) is 46.8 Å². The average molecular weight is 346 g/mol. The number of aryl methyl sites for hydroxylation is 1. The van der Waals surface area contributed by atoms with Gasteiger partial charge in [0, 0.05) is 13.0 Å². The minimum absolute atomic E-state index is 0.0921. The van der Waals surface area contributed by atoms with Gasteiger partial charge in [0.25, 0.3) is 0 Å². The van der Waals surface area contributed by atoms with Crippen LogP contribution in [-0.4, -0.2) is 35.7 Å². The molecule has 0 atom stereocenters. The summed E-state index contributed by atoms with van der Waals surface area (Å²) in [5.41, 5.74) is 1.52. The van der Waals surface area contributed by atoms with Crippen LogP contribution in [0.15, 0.2) is 24.3 Å². The van der Waals surface area contributed by atoms with Gasteiger partial charge in [0.15, 0.2) is 6.29 Å². The molecule has 25 heavy (non-hydrogen) atoms. The molecule has 2 rings (SSSR count). The van der Waals surface area contributed by atoms with Crippen LogP contribution in [0.3, 0.4) is 0 Å². The minimum Gasteiger partial charge on any atom is -0.305 e. The summed E-state index contributed by atoms with van der Waals surface area (Å²) in [7, 11) is 0. The van der Waals surface area contributed by atoms with Gasteiger partial charge in [0.05, 0.1) is 5.69 Å². The predicted molar refractivity (Wildman–Crippen MR) is 96.0 cm³/mol. The van der Waals surface area contributed by atoms with Crippen LogP contribution in [0.1, 0.15) is 39.2 Å². The van der Waals surface area contributed by atoms with Gasteiger partial charge < -0.3 is 4.90 Å². The zero-order valence-corrected chi connectivity index (χ0v) is 15.2. The summed E-state index contributed by atoms with van der Waals surface area (Å²) in [6.45, 7) is 8.27. The summed E-state index contributed by atoms with van der Waals surface area (Å²) < 4.78 is 0. The molecule has 2 N–H and O–H groups in total. The molecule has 0 aliphatic carbocycles. The lowest BCUT2D eigenvalue weighted by Crippen LogP contribution is -2.70. The highest BCUT2D eigenvalue weighted by molar-refractivity contribution is 6.15. The van der Waals surface area contributed by atoms with E-state index in [-0.39, 0.29) is 11.8 Å². The molecule has 1 aliphatic rings. The predicted octanol–water partition coefficient (Wildman–Crippen LogP) is 2.80. The summed E-state index contributed by atoms with van der Waals surface area (Å²) in [5.74, 6) is 0.121. The Morgan fingerprint density at radius 3 is 2.20 bits per heavy atom. The molecule has 0 bridgehead atoms. The molecule has 1 aromatic rings. The summed E-state index contributed by atoms with van der Waals surface area (Å²) in [6.07, 6.45) is 0.247. The Kier molecular flexibility index (Phi) is 6.01. The van der Waals surface area contributed by atoms with Crippen LogP contribution >= 0.6 is 0 Å². The molecule has 1 heterocycles. The van der Waals surface area contributed by atoms with Gasteiger partial charge in [-0.05, 0) is 31.4 Å². The molecule has 0 saturated carbocycles. The number of anilines is 1. The van der Waals surface area contributed by atoms with Crippen LogP contribution < -0.4 is 15.5 Å². The van der Waals surface area contributed by atoms with Gasteiger partial charge in [0.1, 0.15) is 0 Å². The maximum Gasteiger partial charge on any atom is 0.333 e. The Labute approximate surface area is 148 Å². The summed E-state index contributed by atoms with van der Waals surface area (Å²) in [4.78, 5) is 39.9. The third kappa shape index (κ3) is 4.49. The van der Waals surface area contributed by atoms with E-state index in [2.05, 4.69) is 10.6 Å². The smallest absolute Gasteiger partial charge is 0.305 e. The van der Waals surface area contributed by atoms with Crippen molar-refractivity contribution in [3.05, 3.63) is 29.8 Å². The number of urea groups is 2. The Morgan fingerprint density at radius 2 is 1.72 bits per heavy atom. The van der Waals surface area contributed by atoms with Gasteiger partial charge in [-0.25, -0.2) is 14.5 Å². The van der Waals surface area contributed by atoms with Gasteiger partial charge >= 0.3 is 12.1 Å². The van der Waals surface area contributed by atoms with Crippen molar-refractivity contribution < 1.29 is 14.4 Å². The molecule has 1 saturated heterocycles. The highest BCUT2D eigenvalue weighted by Gasteiger charge is 2.36. The maximum absolute atomic E-state index is 12.5. The number of benzene rings is 1. The fraction of sp³-hybridized carbons (Fsp3) is 0.500. The Balaban J connectivity index is 2.18. The third-order valence-electron chi connectivity index (χ3n) is 3.88. The lowest BCUT2D eigenvalue weighted by molar-refractivity contribution is -0.135. The van der Waals surface area contributed by atoms with E-state index >= 15 is 0 Å². The second-order valence-corrected chi connectivity index (χ2v) is 6.66. The van der Waals surface area contributed by atoms with E-state index in [0.717, 1.165) is 10.5 Å². The van der Waals surface area contributed by atoms with Gasteiger partial charge in [-0.1, -0.05) is 38.5 Å². The summed E-state index contributed by atoms with van der Waals surface area (Å²) in [6, 6.07) is 5.99. The molecule has 136 valence electrons. The topological polar surface area (TPSA) is 81.8 Å². The maximum atomic E-state index is 12.5. The SMILES string of the molecule is CCCC(=O)N(CC(C)C)C1NC(=O)N(c2ccc(C)cc2)C(=O)N1. The molecule has 0 aromatic heterocycles. The van der Waals surface area contributed by atoms with Crippen molar-refractivity contribution in [2.75, 3.05) is 11.4 Å². The zero-order chi connectivity index (χ0) is 18.6. The van der Waals surface area contributed by atoms with Crippen molar-refractivity contribution in [1.29, 1.82) is 0 Å². The summed E-state index contributed by atoms with van der Waals surface area (Å²) in [5, 5.41) is 5.43. The first-order chi connectivity index (χ1) is 11.8. The zero-order valence-electron chi connectivity index (χ0n) is 15.2. The van der Waals surface area contributed by atoms with Crippen molar-refractivity contribution in [3.8, 4) is 0 Å². The van der Waals surface area contributed by atoms with Gasteiger partial charge in [-0.2, -0.15) is 0 Å². The molecule has 1 aromatic carbocycles. The number of imide groups is 1. The number of amides is 5. The van der Waals surface area contributed by atoms with E-state index in [0.29, 0.717) is 25.1 Å². The van der Waals surface area contributed by atoms with Gasteiger partial charge in [-0.15, -0.1) is 0 Å². The van der Waals surface area contributed by atoms with Crippen LogP contribution in [0.4, 0.5) is 15.3 Å². The van der Waals surface area contributed by atoms with Crippen LogP contribution in [0, 0.1) is 12.8 Å². The van der Waals surface area contributed by atoms with Gasteiger partial charge in [0.2, 0.25) is 5.91 Å². The molecule has 0 unspecified atom stereocenters. The molecule has 7 nitrogen and oxygen atoms in total. The number of carbonyl (C=O) groups is 3. The Morgan fingerprint density at radius 1 is 1.16 bits per heavy atom. The first-order valence-electron chi connectivity index (χ1n) is 8.60. The first kappa shape index (κ1) is 18.8. The van der Waals surface area contributed by atoms with E-state index in [9.17, 15) is 14.4 Å². The van der Waals surface area contributed by atoms with Crippen molar-refractivity contribution in [3.63, 3.8) is 0 Å². The molecule has 5 amide bonds. The number of rotatable bonds is 6. The second-order valence-electron chi connectivity index (χ2n) is 6.66. The Hall–Kier alpha value is -2.57. The lowest BCUT2D eigenvalue weighted by atomic mass is 10.2. The Bertz CT molecular complexity index is 624. The quantitative estimate of drug-likeness (QED) is 0.831. The molecule has 1 aliphatic heterocycles. The van der Waals surface area contributed by atoms with Crippen LogP contribution in [-0.2, 0) is 4.79 Å². The molecule has 7 heteroatoms. The van der Waals surface area contributed by atoms with E-state index in [4.69, 9.17) is 0 Å². The monoisotopic (exact) mass is 346 g/mol. The number of nitrogens with zero attached hydrogens (tertiary/aromatic N) is 2. The fourth-order valence-electron chi connectivity index (χ4n) is 2.68. The van der Waals surface area contributed by atoms with Crippen molar-refractivity contribution >= 4 is 23.7 Å². The molecule has 0 radical (unpaired) electrons. The van der Waals surface area contributed by atoms with Crippen LogP contribution in [0.2, 0.25) is 0 Å². The number of hydrogen-bond donors (Lipinski definition) is 2. The van der Waals surface area contributed by atoms with E-state index in [1.54, 1.807) is 12.1 Å². The standard InChI is InChI=1S/C18H26N4O3/c1-5-6-15(23)21(11-12(2)3)16-19-17(24)22(18(25)20-16)14-9-7-13(4)8-10-14/h7-10,12,16H,5-6,11H2,1-4H3,(H,19,24)(H,20,25). The van der Waals surface area contributed by atoms with Crippen LogP contribution in [0.5, 0.6) is 0 Å². The van der Waals surface area contributed by atoms with Crippen LogP contribution in [0.25, 0.3) is 0 Å². The molecule has 1 fully saturated rings. The first-order valence-corrected chi connectivity index (χ1v) is 8.60. The van der Waals surface area contributed by atoms with E-state index < -0.39 is 18.4 Å². The number of hydrogen-bond acceptors (Lipinski definition) is 3. The number of nitrogens with one attached hydrogen (secondary N) is 2. The number of carbonyl (C=O) groups excluding carboxylic acids is 3. The molecular weight excluding hydrogens is 320 g/mol. The van der Waals surface area contributed by atoms with Gasteiger partial charge in [-0.3, -0.25) is 15.4 Å². The van der Waals surface area contributed by atoms with Crippen molar-refractivity contribution in [2.24, 2.45) is 5.92 Å².